The summed E-state index contributed by atoms with van der Waals surface area (Å²) in [5.74, 6) is 0. The molecule has 6 heteroatoms. The van der Waals surface area contributed by atoms with Crippen molar-refractivity contribution in [2.75, 3.05) is 6.54 Å². The number of amides is 2. The maximum atomic E-state index is 12.5. The zero-order chi connectivity index (χ0) is 16.4. The van der Waals surface area contributed by atoms with Gasteiger partial charge in [-0.25, -0.2) is 4.79 Å². The van der Waals surface area contributed by atoms with Crippen LogP contribution in [-0.4, -0.2) is 32.2 Å². The highest BCUT2D eigenvalue weighted by molar-refractivity contribution is 5.76. The van der Waals surface area contributed by atoms with E-state index in [1.165, 1.54) is 0 Å². The Balaban J connectivity index is 1.65. The van der Waals surface area contributed by atoms with Gasteiger partial charge in [0.1, 0.15) is 0 Å². The van der Waals surface area contributed by atoms with Crippen LogP contribution in [0, 0.1) is 5.41 Å². The number of nitrogens with one attached hydrogen (secondary N) is 1. The highest BCUT2D eigenvalue weighted by atomic mass is 16.2. The Hall–Kier alpha value is -2.37. The van der Waals surface area contributed by atoms with E-state index < -0.39 is 0 Å². The molecule has 0 aliphatic carbocycles. The molecule has 1 atom stereocenters. The molecule has 1 aliphatic rings. The highest BCUT2D eigenvalue weighted by Gasteiger charge is 2.48. The Morgan fingerprint density at radius 1 is 1.43 bits per heavy atom. The Morgan fingerprint density at radius 3 is 2.87 bits per heavy atom. The van der Waals surface area contributed by atoms with E-state index >= 15 is 0 Å². The first-order chi connectivity index (χ1) is 11.0. The zero-order valence-electron chi connectivity index (χ0n) is 13.9. The zero-order valence-corrected chi connectivity index (χ0v) is 13.9. The molecular weight excluding hydrogens is 290 g/mol. The predicted molar refractivity (Wildman–Crippen MR) is 87.6 cm³/mol. The average Bonchev–Trinajstić information content (AvgIpc) is 2.99. The number of carbonyl (C=O) groups excluding carboxylic acids is 1. The summed E-state index contributed by atoms with van der Waals surface area (Å²) in [5.41, 5.74) is 2.16. The number of pyridine rings is 1. The van der Waals surface area contributed by atoms with Crippen molar-refractivity contribution >= 4 is 6.03 Å². The predicted octanol–water partition coefficient (Wildman–Crippen LogP) is 2.59. The van der Waals surface area contributed by atoms with Gasteiger partial charge in [-0.15, -0.1) is 0 Å². The van der Waals surface area contributed by atoms with Crippen LogP contribution >= 0.6 is 0 Å². The van der Waals surface area contributed by atoms with E-state index in [-0.39, 0.29) is 17.5 Å². The maximum Gasteiger partial charge on any atom is 0.318 e. The third kappa shape index (κ3) is 3.06. The molecule has 1 N–H and O–H groups in total. The fourth-order valence-corrected chi connectivity index (χ4v) is 3.23. The summed E-state index contributed by atoms with van der Waals surface area (Å²) in [7, 11) is 0. The molecule has 1 saturated heterocycles. The minimum atomic E-state index is -0.0394. The molecule has 0 bridgehead atoms. The second-order valence-corrected chi connectivity index (χ2v) is 6.67. The normalized spacial score (nSPS) is 19.3. The first kappa shape index (κ1) is 15.5. The molecule has 0 saturated carbocycles. The van der Waals surface area contributed by atoms with Gasteiger partial charge < -0.3 is 10.2 Å². The maximum absolute atomic E-state index is 12.5. The number of hydrogen-bond donors (Lipinski definition) is 1. The summed E-state index contributed by atoms with van der Waals surface area (Å²) in [6, 6.07) is 3.97. The highest BCUT2D eigenvalue weighted by Crippen LogP contribution is 2.47. The van der Waals surface area contributed by atoms with Crippen molar-refractivity contribution in [1.82, 2.24) is 25.0 Å². The van der Waals surface area contributed by atoms with Crippen LogP contribution in [0.5, 0.6) is 0 Å². The lowest BCUT2D eigenvalue weighted by Gasteiger charge is -2.54. The quantitative estimate of drug-likeness (QED) is 0.943. The largest absolute Gasteiger partial charge is 0.334 e. The van der Waals surface area contributed by atoms with Gasteiger partial charge in [-0.05, 0) is 18.6 Å². The fourth-order valence-electron chi connectivity index (χ4n) is 3.23. The minimum absolute atomic E-state index is 0.0394. The molecule has 0 aromatic carbocycles. The average molecular weight is 313 g/mol. The van der Waals surface area contributed by atoms with E-state index in [4.69, 9.17) is 0 Å². The van der Waals surface area contributed by atoms with Crippen molar-refractivity contribution in [3.05, 3.63) is 48.0 Å². The van der Waals surface area contributed by atoms with Gasteiger partial charge in [0.25, 0.3) is 0 Å². The summed E-state index contributed by atoms with van der Waals surface area (Å²) in [5, 5.41) is 7.21. The van der Waals surface area contributed by atoms with Crippen LogP contribution in [0.1, 0.15) is 37.9 Å². The van der Waals surface area contributed by atoms with Gasteiger partial charge in [0, 0.05) is 49.2 Å². The monoisotopic (exact) mass is 313 g/mol. The molecule has 23 heavy (non-hydrogen) atoms. The van der Waals surface area contributed by atoms with Gasteiger partial charge >= 0.3 is 6.03 Å². The van der Waals surface area contributed by atoms with E-state index in [9.17, 15) is 4.79 Å². The van der Waals surface area contributed by atoms with Gasteiger partial charge in [0.2, 0.25) is 0 Å². The summed E-state index contributed by atoms with van der Waals surface area (Å²) >= 11 is 0. The Kier molecular flexibility index (Phi) is 4.07. The van der Waals surface area contributed by atoms with Crippen molar-refractivity contribution in [3.8, 4) is 0 Å². The molecule has 1 unspecified atom stereocenters. The van der Waals surface area contributed by atoms with Gasteiger partial charge in [0.15, 0.2) is 0 Å². The second kappa shape index (κ2) is 6.02. The fraction of sp³-hybridized carbons (Fsp3) is 0.471. The van der Waals surface area contributed by atoms with Crippen molar-refractivity contribution in [1.29, 1.82) is 0 Å². The van der Waals surface area contributed by atoms with Gasteiger partial charge in [-0.3, -0.25) is 9.67 Å². The molecule has 3 rings (SSSR count). The lowest BCUT2D eigenvalue weighted by molar-refractivity contribution is -0.0167. The van der Waals surface area contributed by atoms with Crippen LogP contribution in [0.15, 0.2) is 36.9 Å². The lowest BCUT2D eigenvalue weighted by atomic mass is 9.72. The van der Waals surface area contributed by atoms with Crippen molar-refractivity contribution in [2.45, 2.75) is 39.9 Å². The van der Waals surface area contributed by atoms with Crippen LogP contribution in [0.25, 0.3) is 0 Å². The Morgan fingerprint density at radius 2 is 2.26 bits per heavy atom. The number of urea groups is 1. The molecule has 0 radical (unpaired) electrons. The molecule has 2 aromatic rings. The summed E-state index contributed by atoms with van der Waals surface area (Å²) < 4.78 is 1.85. The van der Waals surface area contributed by atoms with Crippen molar-refractivity contribution in [3.63, 3.8) is 0 Å². The van der Waals surface area contributed by atoms with Crippen molar-refractivity contribution < 1.29 is 4.79 Å². The number of aromatic nitrogens is 3. The molecule has 3 heterocycles. The van der Waals surface area contributed by atoms with Crippen LogP contribution in [0.3, 0.4) is 0 Å². The Labute approximate surface area is 136 Å². The smallest absolute Gasteiger partial charge is 0.318 e. The van der Waals surface area contributed by atoms with Crippen LogP contribution in [0.4, 0.5) is 4.79 Å². The number of nitrogens with zero attached hydrogens (tertiary/aromatic N) is 4. The van der Waals surface area contributed by atoms with E-state index in [0.717, 1.165) is 24.2 Å². The molecule has 1 aliphatic heterocycles. The van der Waals surface area contributed by atoms with E-state index in [0.29, 0.717) is 6.54 Å². The number of carbonyl (C=O) groups is 1. The molecule has 2 amide bonds. The summed E-state index contributed by atoms with van der Waals surface area (Å²) in [4.78, 5) is 18.6. The van der Waals surface area contributed by atoms with E-state index in [1.807, 2.05) is 41.0 Å². The topological polar surface area (TPSA) is 63.1 Å². The van der Waals surface area contributed by atoms with Gasteiger partial charge in [-0.1, -0.05) is 19.9 Å². The molecule has 122 valence electrons. The third-order valence-electron chi connectivity index (χ3n) is 4.35. The third-order valence-corrected chi connectivity index (χ3v) is 4.35. The SMILES string of the molecule is CCn1cc(CNC(=O)N2CC(C)(C)C2c2cccnc2)cn1. The van der Waals surface area contributed by atoms with E-state index in [2.05, 4.69) is 29.2 Å². The number of rotatable bonds is 4. The van der Waals surface area contributed by atoms with Crippen LogP contribution in [-0.2, 0) is 13.1 Å². The van der Waals surface area contributed by atoms with Gasteiger partial charge in [-0.2, -0.15) is 5.10 Å². The first-order valence-corrected chi connectivity index (χ1v) is 7.97. The Bertz CT molecular complexity index is 679. The molecule has 2 aromatic heterocycles. The number of aryl methyl sites for hydroxylation is 1. The summed E-state index contributed by atoms with van der Waals surface area (Å²) in [6.45, 7) is 8.47. The minimum Gasteiger partial charge on any atom is -0.334 e. The molecule has 6 nitrogen and oxygen atoms in total. The van der Waals surface area contributed by atoms with Crippen LogP contribution < -0.4 is 5.32 Å². The number of hydrogen-bond acceptors (Lipinski definition) is 3. The van der Waals surface area contributed by atoms with Crippen LogP contribution in [0.2, 0.25) is 0 Å². The number of likely N-dealkylation sites (tertiary alicyclic amines) is 1. The molecule has 0 spiro atoms. The van der Waals surface area contributed by atoms with Crippen molar-refractivity contribution in [2.24, 2.45) is 5.41 Å². The molecule has 1 fully saturated rings. The van der Waals surface area contributed by atoms with Gasteiger partial charge in [0.05, 0.1) is 12.2 Å². The summed E-state index contributed by atoms with van der Waals surface area (Å²) in [6.07, 6.45) is 7.35. The standard InChI is InChI=1S/C17H23N5O/c1-4-21-11-13(9-20-21)8-19-16(23)22-12-17(2,3)15(22)14-6-5-7-18-10-14/h5-7,9-11,15H,4,8,12H2,1-3H3,(H,19,23). The molecular formula is C17H23N5O. The first-order valence-electron chi connectivity index (χ1n) is 7.97. The van der Waals surface area contributed by atoms with E-state index in [1.54, 1.807) is 12.4 Å². The second-order valence-electron chi connectivity index (χ2n) is 6.67. The lowest BCUT2D eigenvalue weighted by Crippen LogP contribution is -2.60.